The molecule has 2 atom stereocenters. The predicted octanol–water partition coefficient (Wildman–Crippen LogP) is 1.88. The number of nitrogens with zero attached hydrogens (tertiary/aromatic N) is 1. The van der Waals surface area contributed by atoms with Gasteiger partial charge in [0.2, 0.25) is 0 Å². The molecule has 2 saturated heterocycles. The number of rotatable bonds is 1. The molecule has 108 valence electrons. The van der Waals surface area contributed by atoms with Crippen LogP contribution in [0, 0.1) is 5.92 Å². The largest absolute Gasteiger partial charge is 0.377 e. The fraction of sp³-hybridized carbons (Fsp3) is 0.562. The molecule has 2 unspecified atom stereocenters. The Balaban J connectivity index is 0.000000170. The minimum absolute atomic E-state index is 0.607. The van der Waals surface area contributed by atoms with Gasteiger partial charge in [0.1, 0.15) is 0 Å². The highest BCUT2D eigenvalue weighted by molar-refractivity contribution is 5.69. The molecule has 5 rings (SSSR count). The van der Waals surface area contributed by atoms with E-state index in [2.05, 4.69) is 22.4 Å². The van der Waals surface area contributed by atoms with Gasteiger partial charge in [-0.25, -0.2) is 0 Å². The highest BCUT2D eigenvalue weighted by Crippen LogP contribution is 2.35. The first-order chi connectivity index (χ1) is 9.93. The molecule has 0 spiro atoms. The van der Waals surface area contributed by atoms with Gasteiger partial charge in [-0.15, -0.1) is 0 Å². The highest BCUT2D eigenvalue weighted by atomic mass is 16.6. The lowest BCUT2D eigenvalue weighted by Crippen LogP contribution is -2.42. The van der Waals surface area contributed by atoms with E-state index in [0.29, 0.717) is 12.0 Å². The van der Waals surface area contributed by atoms with Gasteiger partial charge in [0.25, 0.3) is 0 Å². The number of aromatic nitrogens is 1. The molecule has 1 N–H and O–H groups in total. The Hall–Kier alpha value is -1.23. The normalized spacial score (nSPS) is 28.3. The molecule has 1 aromatic rings. The molecule has 4 heterocycles. The van der Waals surface area contributed by atoms with Crippen LogP contribution in [-0.4, -0.2) is 44.0 Å². The molecule has 4 nitrogen and oxygen atoms in total. The zero-order valence-electron chi connectivity index (χ0n) is 11.8. The van der Waals surface area contributed by atoms with Gasteiger partial charge in [-0.1, -0.05) is 12.1 Å². The third kappa shape index (κ3) is 3.45. The van der Waals surface area contributed by atoms with E-state index in [1.54, 1.807) is 0 Å². The monoisotopic (exact) mass is 274 g/mol. The summed E-state index contributed by atoms with van der Waals surface area (Å²) in [6, 6.07) is 4.79. The van der Waals surface area contributed by atoms with E-state index in [0.717, 1.165) is 33.0 Å². The van der Waals surface area contributed by atoms with E-state index in [4.69, 9.17) is 9.47 Å². The van der Waals surface area contributed by atoms with Gasteiger partial charge < -0.3 is 14.8 Å². The molecule has 0 saturated carbocycles. The van der Waals surface area contributed by atoms with E-state index in [1.807, 2.05) is 18.5 Å². The Labute approximate surface area is 120 Å². The van der Waals surface area contributed by atoms with Crippen LogP contribution in [0.1, 0.15) is 18.4 Å². The van der Waals surface area contributed by atoms with Gasteiger partial charge in [-0.05, 0) is 36.0 Å². The summed E-state index contributed by atoms with van der Waals surface area (Å²) in [6.07, 6.45) is 8.83. The number of hydrogen-bond donors (Lipinski definition) is 1. The lowest BCUT2D eigenvalue weighted by molar-refractivity contribution is -0.0334. The Kier molecular flexibility index (Phi) is 4.79. The fourth-order valence-electron chi connectivity index (χ4n) is 2.94. The lowest BCUT2D eigenvalue weighted by Gasteiger charge is -2.36. The van der Waals surface area contributed by atoms with Crippen molar-refractivity contribution in [3.05, 3.63) is 36.2 Å². The van der Waals surface area contributed by atoms with Crippen LogP contribution >= 0.6 is 0 Å². The zero-order valence-corrected chi connectivity index (χ0v) is 11.8. The summed E-state index contributed by atoms with van der Waals surface area (Å²) < 4.78 is 9.89. The fourth-order valence-corrected chi connectivity index (χ4v) is 2.94. The van der Waals surface area contributed by atoms with E-state index in [1.165, 1.54) is 24.0 Å². The van der Waals surface area contributed by atoms with Crippen molar-refractivity contribution in [3.63, 3.8) is 0 Å². The van der Waals surface area contributed by atoms with E-state index in [9.17, 15) is 0 Å². The summed E-state index contributed by atoms with van der Waals surface area (Å²) in [4.78, 5) is 4.18. The molecule has 3 aliphatic heterocycles. The second kappa shape index (κ2) is 6.97. The van der Waals surface area contributed by atoms with Crippen LogP contribution in [0.25, 0.3) is 5.57 Å². The second-order valence-electron chi connectivity index (χ2n) is 5.38. The smallest absolute Gasteiger partial charge is 0.0701 e. The summed E-state index contributed by atoms with van der Waals surface area (Å²) in [6.45, 7) is 4.26. The maximum absolute atomic E-state index is 4.94. The van der Waals surface area contributed by atoms with Gasteiger partial charge in [0.05, 0.1) is 26.4 Å². The lowest BCUT2D eigenvalue weighted by atomic mass is 9.79. The Bertz CT molecular complexity index is 424. The molecule has 4 heteroatoms. The summed E-state index contributed by atoms with van der Waals surface area (Å²) in [5.41, 5.74) is 2.82. The number of hydrogen-bond acceptors (Lipinski definition) is 4. The summed E-state index contributed by atoms with van der Waals surface area (Å²) in [7, 11) is 0. The third-order valence-corrected chi connectivity index (χ3v) is 4.01. The second-order valence-corrected chi connectivity index (χ2v) is 5.38. The van der Waals surface area contributed by atoms with Gasteiger partial charge in [0, 0.05) is 25.0 Å². The molecular formula is C16H22N2O2. The molecule has 2 fully saturated rings. The summed E-state index contributed by atoms with van der Waals surface area (Å²) >= 11 is 0. The molecule has 0 radical (unpaired) electrons. The molecule has 0 aromatic carbocycles. The molecule has 20 heavy (non-hydrogen) atoms. The molecule has 1 aromatic heterocycles. The quantitative estimate of drug-likeness (QED) is 0.849. The molecule has 1 aliphatic carbocycles. The van der Waals surface area contributed by atoms with Crippen LogP contribution in [0.3, 0.4) is 0 Å². The first kappa shape index (κ1) is 13.7. The van der Waals surface area contributed by atoms with Crippen molar-refractivity contribution in [1.82, 2.24) is 10.3 Å². The molecular weight excluding hydrogens is 252 g/mol. The highest BCUT2D eigenvalue weighted by Gasteiger charge is 2.28. The van der Waals surface area contributed by atoms with Crippen LogP contribution in [-0.2, 0) is 9.47 Å². The average Bonchev–Trinajstić information content (AvgIpc) is 2.59. The number of nitrogens with one attached hydrogen (secondary N) is 1. The van der Waals surface area contributed by atoms with Crippen LogP contribution in [0.5, 0.6) is 0 Å². The number of ether oxygens (including phenoxy) is 2. The first-order valence-corrected chi connectivity index (χ1v) is 7.44. The molecule has 0 amide bonds. The van der Waals surface area contributed by atoms with E-state index >= 15 is 0 Å². The zero-order chi connectivity index (χ0) is 13.6. The molecule has 2 bridgehead atoms. The maximum atomic E-state index is 4.94. The van der Waals surface area contributed by atoms with Crippen molar-refractivity contribution >= 4 is 5.57 Å². The van der Waals surface area contributed by atoms with Gasteiger partial charge in [0.15, 0.2) is 0 Å². The Morgan fingerprint density at radius 2 is 1.90 bits per heavy atom. The van der Waals surface area contributed by atoms with Gasteiger partial charge in [-0.3, -0.25) is 4.98 Å². The Morgan fingerprint density at radius 1 is 1.10 bits per heavy atom. The minimum Gasteiger partial charge on any atom is -0.377 e. The van der Waals surface area contributed by atoms with Crippen molar-refractivity contribution in [2.24, 2.45) is 5.92 Å². The first-order valence-electron chi connectivity index (χ1n) is 7.44. The van der Waals surface area contributed by atoms with Crippen LogP contribution in [0.15, 0.2) is 30.6 Å². The van der Waals surface area contributed by atoms with Crippen molar-refractivity contribution in [2.45, 2.75) is 18.9 Å². The van der Waals surface area contributed by atoms with E-state index in [-0.39, 0.29) is 0 Å². The number of fused-ring (bicyclic) bond motifs is 2. The maximum Gasteiger partial charge on any atom is 0.0701 e. The van der Waals surface area contributed by atoms with Crippen LogP contribution in [0.2, 0.25) is 0 Å². The van der Waals surface area contributed by atoms with Crippen molar-refractivity contribution < 1.29 is 9.47 Å². The van der Waals surface area contributed by atoms with Crippen molar-refractivity contribution in [1.29, 1.82) is 0 Å². The summed E-state index contributed by atoms with van der Waals surface area (Å²) in [5.74, 6) is 0.712. The SMILES string of the molecule is C1=C(c2cccnc2)C2CCC1NC2.C1COCCO1. The van der Waals surface area contributed by atoms with Crippen molar-refractivity contribution in [3.8, 4) is 0 Å². The Morgan fingerprint density at radius 3 is 2.35 bits per heavy atom. The van der Waals surface area contributed by atoms with E-state index < -0.39 is 0 Å². The van der Waals surface area contributed by atoms with Gasteiger partial charge >= 0.3 is 0 Å². The van der Waals surface area contributed by atoms with Gasteiger partial charge in [-0.2, -0.15) is 0 Å². The molecule has 4 aliphatic rings. The third-order valence-electron chi connectivity index (χ3n) is 4.01. The average molecular weight is 274 g/mol. The van der Waals surface area contributed by atoms with Crippen LogP contribution in [0.4, 0.5) is 0 Å². The predicted molar refractivity (Wildman–Crippen MR) is 78.4 cm³/mol. The summed E-state index contributed by atoms with van der Waals surface area (Å²) in [5, 5.41) is 3.52. The number of piperidine rings is 1. The van der Waals surface area contributed by atoms with Crippen LogP contribution < -0.4 is 5.32 Å². The van der Waals surface area contributed by atoms with Crippen molar-refractivity contribution in [2.75, 3.05) is 33.0 Å². The standard InChI is InChI=1S/C12H14N2.C4H8O2/c1-2-9(7-13-5-1)12-6-11-4-3-10(12)8-14-11;1-2-6-4-3-5-1/h1-2,5-7,10-11,14H,3-4,8H2;1-4H2. The minimum atomic E-state index is 0.607. The number of pyridine rings is 1. The topological polar surface area (TPSA) is 43.4 Å².